The van der Waals surface area contributed by atoms with Gasteiger partial charge in [0.25, 0.3) is 0 Å². The standard InChI is InChI=1S/C16H16O2/c1-12-8-9-14(16(10-12)18-2)15(17)11-13-6-4-3-5-7-13/h3-10H,11H2,1-2H3. The van der Waals surface area contributed by atoms with Gasteiger partial charge < -0.3 is 4.74 Å². The predicted octanol–water partition coefficient (Wildman–Crippen LogP) is 3.43. The molecular formula is C16H16O2. The zero-order valence-electron chi connectivity index (χ0n) is 10.6. The molecule has 18 heavy (non-hydrogen) atoms. The van der Waals surface area contributed by atoms with Crippen LogP contribution in [0.2, 0.25) is 0 Å². The van der Waals surface area contributed by atoms with Gasteiger partial charge in [0.1, 0.15) is 5.75 Å². The van der Waals surface area contributed by atoms with Crippen molar-refractivity contribution in [3.05, 3.63) is 65.2 Å². The number of ether oxygens (including phenoxy) is 1. The van der Waals surface area contributed by atoms with Gasteiger partial charge in [-0.2, -0.15) is 0 Å². The number of ketones is 1. The Morgan fingerprint density at radius 1 is 1.11 bits per heavy atom. The highest BCUT2D eigenvalue weighted by molar-refractivity contribution is 6.00. The summed E-state index contributed by atoms with van der Waals surface area (Å²) >= 11 is 0. The topological polar surface area (TPSA) is 26.3 Å². The van der Waals surface area contributed by atoms with Crippen LogP contribution in [0.4, 0.5) is 0 Å². The third-order valence-corrected chi connectivity index (χ3v) is 2.86. The fourth-order valence-electron chi connectivity index (χ4n) is 1.91. The molecule has 0 amide bonds. The second-order valence-corrected chi connectivity index (χ2v) is 4.29. The van der Waals surface area contributed by atoms with Crippen molar-refractivity contribution < 1.29 is 9.53 Å². The number of benzene rings is 2. The van der Waals surface area contributed by atoms with Gasteiger partial charge in [-0.15, -0.1) is 0 Å². The monoisotopic (exact) mass is 240 g/mol. The molecule has 0 unspecified atom stereocenters. The Morgan fingerprint density at radius 3 is 2.50 bits per heavy atom. The maximum Gasteiger partial charge on any atom is 0.170 e. The molecule has 0 aliphatic rings. The van der Waals surface area contributed by atoms with Gasteiger partial charge in [-0.1, -0.05) is 36.4 Å². The van der Waals surface area contributed by atoms with E-state index in [1.807, 2.05) is 55.5 Å². The van der Waals surface area contributed by atoms with Gasteiger partial charge in [0.2, 0.25) is 0 Å². The van der Waals surface area contributed by atoms with Crippen LogP contribution >= 0.6 is 0 Å². The van der Waals surface area contributed by atoms with Gasteiger partial charge in [0, 0.05) is 6.42 Å². The van der Waals surface area contributed by atoms with Crippen LogP contribution in [0.1, 0.15) is 21.5 Å². The fourth-order valence-corrected chi connectivity index (χ4v) is 1.91. The van der Waals surface area contributed by atoms with Crippen LogP contribution < -0.4 is 4.74 Å². The first-order valence-electron chi connectivity index (χ1n) is 5.92. The van der Waals surface area contributed by atoms with Crippen molar-refractivity contribution >= 4 is 5.78 Å². The zero-order valence-corrected chi connectivity index (χ0v) is 10.6. The number of hydrogen-bond acceptors (Lipinski definition) is 2. The lowest BCUT2D eigenvalue weighted by Crippen LogP contribution is -2.05. The largest absolute Gasteiger partial charge is 0.496 e. The number of hydrogen-bond donors (Lipinski definition) is 0. The lowest BCUT2D eigenvalue weighted by Gasteiger charge is -2.08. The van der Waals surface area contributed by atoms with E-state index in [0.717, 1.165) is 11.1 Å². The van der Waals surface area contributed by atoms with Crippen LogP contribution in [0.3, 0.4) is 0 Å². The summed E-state index contributed by atoms with van der Waals surface area (Å²) in [5.74, 6) is 0.731. The summed E-state index contributed by atoms with van der Waals surface area (Å²) in [6.07, 6.45) is 0.403. The lowest BCUT2D eigenvalue weighted by atomic mass is 10.0. The van der Waals surface area contributed by atoms with Crippen molar-refractivity contribution in [1.82, 2.24) is 0 Å². The number of carbonyl (C=O) groups excluding carboxylic acids is 1. The molecule has 2 heteroatoms. The molecule has 2 aromatic carbocycles. The second-order valence-electron chi connectivity index (χ2n) is 4.29. The molecule has 92 valence electrons. The second kappa shape index (κ2) is 5.50. The molecule has 0 aromatic heterocycles. The lowest BCUT2D eigenvalue weighted by molar-refractivity contribution is 0.0990. The molecule has 0 saturated heterocycles. The van der Waals surface area contributed by atoms with Crippen LogP contribution in [0.5, 0.6) is 5.75 Å². The molecular weight excluding hydrogens is 224 g/mol. The molecule has 2 nitrogen and oxygen atoms in total. The molecule has 0 aliphatic carbocycles. The van der Waals surface area contributed by atoms with Crippen molar-refractivity contribution in [2.24, 2.45) is 0 Å². The third kappa shape index (κ3) is 2.77. The third-order valence-electron chi connectivity index (χ3n) is 2.86. The Kier molecular flexibility index (Phi) is 3.78. The van der Waals surface area contributed by atoms with Gasteiger partial charge in [-0.25, -0.2) is 0 Å². The fraction of sp³-hybridized carbons (Fsp3) is 0.188. The van der Waals surface area contributed by atoms with E-state index in [0.29, 0.717) is 17.7 Å². The van der Waals surface area contributed by atoms with Gasteiger partial charge >= 0.3 is 0 Å². The maximum absolute atomic E-state index is 12.2. The Bertz CT molecular complexity index is 544. The molecule has 0 spiro atoms. The first kappa shape index (κ1) is 12.4. The van der Waals surface area contributed by atoms with Crippen molar-refractivity contribution in [2.75, 3.05) is 7.11 Å². The highest BCUT2D eigenvalue weighted by Crippen LogP contribution is 2.21. The minimum Gasteiger partial charge on any atom is -0.496 e. The molecule has 0 atom stereocenters. The summed E-state index contributed by atoms with van der Waals surface area (Å²) in [5, 5.41) is 0. The summed E-state index contributed by atoms with van der Waals surface area (Å²) in [5.41, 5.74) is 2.75. The first-order chi connectivity index (χ1) is 8.70. The van der Waals surface area contributed by atoms with Gasteiger partial charge in [0.15, 0.2) is 5.78 Å². The number of Topliss-reactive ketones (excluding diaryl/α,β-unsaturated/α-hetero) is 1. The van der Waals surface area contributed by atoms with E-state index >= 15 is 0 Å². The number of carbonyl (C=O) groups is 1. The quantitative estimate of drug-likeness (QED) is 0.765. The van der Waals surface area contributed by atoms with Gasteiger partial charge in [-0.05, 0) is 30.2 Å². The Morgan fingerprint density at radius 2 is 1.83 bits per heavy atom. The van der Waals surface area contributed by atoms with Crippen LogP contribution in [-0.4, -0.2) is 12.9 Å². The molecule has 0 fully saturated rings. The van der Waals surface area contributed by atoms with Crippen LogP contribution in [0, 0.1) is 6.92 Å². The van der Waals surface area contributed by atoms with Crippen molar-refractivity contribution in [2.45, 2.75) is 13.3 Å². The summed E-state index contributed by atoms with van der Waals surface area (Å²) in [7, 11) is 1.59. The van der Waals surface area contributed by atoms with Crippen molar-refractivity contribution in [1.29, 1.82) is 0 Å². The van der Waals surface area contributed by atoms with E-state index in [4.69, 9.17) is 4.74 Å². The van der Waals surface area contributed by atoms with E-state index < -0.39 is 0 Å². The number of methoxy groups -OCH3 is 1. The highest BCUT2D eigenvalue weighted by Gasteiger charge is 2.12. The van der Waals surface area contributed by atoms with Crippen molar-refractivity contribution in [3.63, 3.8) is 0 Å². The summed E-state index contributed by atoms with van der Waals surface area (Å²) in [6, 6.07) is 15.4. The molecule has 0 N–H and O–H groups in total. The molecule has 0 heterocycles. The molecule has 2 rings (SSSR count). The summed E-state index contributed by atoms with van der Waals surface area (Å²) in [4.78, 5) is 12.2. The average Bonchev–Trinajstić information content (AvgIpc) is 2.39. The zero-order chi connectivity index (χ0) is 13.0. The van der Waals surface area contributed by atoms with Gasteiger partial charge in [-0.3, -0.25) is 4.79 Å². The maximum atomic E-state index is 12.2. The van der Waals surface area contributed by atoms with Crippen LogP contribution in [0.25, 0.3) is 0 Å². The van der Waals surface area contributed by atoms with Crippen LogP contribution in [0.15, 0.2) is 48.5 Å². The molecule has 0 radical (unpaired) electrons. The minimum atomic E-state index is 0.0815. The average molecular weight is 240 g/mol. The van der Waals surface area contributed by atoms with Crippen molar-refractivity contribution in [3.8, 4) is 5.75 Å². The Balaban J connectivity index is 2.24. The predicted molar refractivity (Wildman–Crippen MR) is 72.2 cm³/mol. The van der Waals surface area contributed by atoms with E-state index in [-0.39, 0.29) is 5.78 Å². The van der Waals surface area contributed by atoms with Gasteiger partial charge in [0.05, 0.1) is 12.7 Å². The van der Waals surface area contributed by atoms with E-state index in [2.05, 4.69) is 0 Å². The smallest absolute Gasteiger partial charge is 0.170 e. The summed E-state index contributed by atoms with van der Waals surface area (Å²) in [6.45, 7) is 1.98. The molecule has 0 bridgehead atoms. The Hall–Kier alpha value is -2.09. The first-order valence-corrected chi connectivity index (χ1v) is 5.92. The SMILES string of the molecule is COc1cc(C)ccc1C(=O)Cc1ccccc1. The highest BCUT2D eigenvalue weighted by atomic mass is 16.5. The van der Waals surface area contributed by atoms with E-state index in [1.165, 1.54) is 0 Å². The summed E-state index contributed by atoms with van der Waals surface area (Å²) < 4.78 is 5.26. The van der Waals surface area contributed by atoms with E-state index in [9.17, 15) is 4.79 Å². The Labute approximate surface area is 107 Å². The number of rotatable bonds is 4. The minimum absolute atomic E-state index is 0.0815. The molecule has 0 aliphatic heterocycles. The molecule has 0 saturated carbocycles. The van der Waals surface area contributed by atoms with Crippen LogP contribution in [-0.2, 0) is 6.42 Å². The van der Waals surface area contributed by atoms with E-state index in [1.54, 1.807) is 7.11 Å². The number of aryl methyl sites for hydroxylation is 1. The normalized spacial score (nSPS) is 10.1. The molecule has 2 aromatic rings.